The lowest BCUT2D eigenvalue weighted by atomic mass is 10.1. The molecule has 0 unspecified atom stereocenters. The number of esters is 1. The summed E-state index contributed by atoms with van der Waals surface area (Å²) in [6.07, 6.45) is 3.80. The van der Waals surface area contributed by atoms with Crippen molar-refractivity contribution < 1.29 is 9.53 Å². The number of hydrogen-bond donors (Lipinski definition) is 0. The molecule has 0 fully saturated rings. The molecule has 0 saturated heterocycles. The molecule has 2 nitrogen and oxygen atoms in total. The predicted octanol–water partition coefficient (Wildman–Crippen LogP) is 3.09. The summed E-state index contributed by atoms with van der Waals surface area (Å²) < 4.78 is 4.91. The lowest BCUT2D eigenvalue weighted by molar-refractivity contribution is -0.136. The fourth-order valence-electron chi connectivity index (χ4n) is 1.36. The van der Waals surface area contributed by atoms with Crippen molar-refractivity contribution in [3.8, 4) is 0 Å². The van der Waals surface area contributed by atoms with Crippen molar-refractivity contribution in [2.75, 3.05) is 0 Å². The number of allylic oxidation sites excluding steroid dienone is 2. The van der Waals surface area contributed by atoms with Gasteiger partial charge in [-0.2, -0.15) is 0 Å². The van der Waals surface area contributed by atoms with Crippen LogP contribution in [0.3, 0.4) is 0 Å². The SMILES string of the molecule is CC(=O)O/C(C)=C/CCc1ccccc1. The molecule has 1 rings (SSSR count). The van der Waals surface area contributed by atoms with Gasteiger partial charge in [0.05, 0.1) is 0 Å². The van der Waals surface area contributed by atoms with Gasteiger partial charge in [-0.25, -0.2) is 0 Å². The molecule has 0 aliphatic heterocycles. The van der Waals surface area contributed by atoms with Gasteiger partial charge < -0.3 is 4.74 Å². The molecule has 0 aliphatic carbocycles. The Kier molecular flexibility index (Phi) is 4.61. The van der Waals surface area contributed by atoms with E-state index in [9.17, 15) is 4.79 Å². The first-order valence-electron chi connectivity index (χ1n) is 5.07. The largest absolute Gasteiger partial charge is 0.432 e. The van der Waals surface area contributed by atoms with Crippen molar-refractivity contribution in [1.29, 1.82) is 0 Å². The van der Waals surface area contributed by atoms with Crippen molar-refractivity contribution >= 4 is 5.97 Å². The zero-order chi connectivity index (χ0) is 11.1. The Hall–Kier alpha value is -1.57. The minimum Gasteiger partial charge on any atom is -0.432 e. The van der Waals surface area contributed by atoms with Crippen LogP contribution in [0.2, 0.25) is 0 Å². The molecule has 80 valence electrons. The monoisotopic (exact) mass is 204 g/mol. The van der Waals surface area contributed by atoms with Gasteiger partial charge in [0.1, 0.15) is 5.76 Å². The van der Waals surface area contributed by atoms with Crippen LogP contribution in [-0.4, -0.2) is 5.97 Å². The summed E-state index contributed by atoms with van der Waals surface area (Å²) in [5.41, 5.74) is 1.30. The molecule has 0 atom stereocenters. The normalized spacial score (nSPS) is 11.2. The molecule has 1 aromatic rings. The molecule has 0 N–H and O–H groups in total. The molecule has 0 spiro atoms. The average molecular weight is 204 g/mol. The van der Waals surface area contributed by atoms with E-state index in [0.29, 0.717) is 5.76 Å². The van der Waals surface area contributed by atoms with E-state index >= 15 is 0 Å². The molecule has 0 aromatic heterocycles. The first-order chi connectivity index (χ1) is 7.18. The molecular formula is C13H16O2. The standard InChI is InChI=1S/C13H16O2/c1-11(15-12(2)14)7-6-10-13-8-4-3-5-9-13/h3-5,7-9H,6,10H2,1-2H3/b11-7+. The minimum absolute atomic E-state index is 0.261. The summed E-state index contributed by atoms with van der Waals surface area (Å²) in [5, 5.41) is 0. The van der Waals surface area contributed by atoms with Crippen LogP contribution in [0.4, 0.5) is 0 Å². The molecule has 0 saturated carbocycles. The maximum atomic E-state index is 10.6. The Balaban J connectivity index is 2.35. The highest BCUT2D eigenvalue weighted by molar-refractivity contribution is 5.67. The van der Waals surface area contributed by atoms with Crippen LogP contribution in [-0.2, 0) is 16.0 Å². The third-order valence-corrected chi connectivity index (χ3v) is 2.01. The minimum atomic E-state index is -0.261. The highest BCUT2D eigenvalue weighted by atomic mass is 16.5. The van der Waals surface area contributed by atoms with E-state index in [2.05, 4.69) is 12.1 Å². The Bertz CT molecular complexity index is 339. The van der Waals surface area contributed by atoms with Gasteiger partial charge in [-0.3, -0.25) is 4.79 Å². The zero-order valence-electron chi connectivity index (χ0n) is 9.19. The van der Waals surface area contributed by atoms with Gasteiger partial charge >= 0.3 is 5.97 Å². The lowest BCUT2D eigenvalue weighted by Crippen LogP contribution is -1.95. The number of aryl methyl sites for hydroxylation is 1. The molecule has 0 aliphatic rings. The Morgan fingerprint density at radius 2 is 1.93 bits per heavy atom. The quantitative estimate of drug-likeness (QED) is 0.556. The molecule has 2 heteroatoms. The summed E-state index contributed by atoms with van der Waals surface area (Å²) in [6.45, 7) is 3.21. The second kappa shape index (κ2) is 6.02. The Morgan fingerprint density at radius 3 is 2.53 bits per heavy atom. The smallest absolute Gasteiger partial charge is 0.307 e. The molecule has 0 heterocycles. The van der Waals surface area contributed by atoms with Crippen molar-refractivity contribution in [1.82, 2.24) is 0 Å². The number of rotatable bonds is 4. The second-order valence-electron chi connectivity index (χ2n) is 3.43. The van der Waals surface area contributed by atoms with Crippen LogP contribution in [0.15, 0.2) is 42.2 Å². The van der Waals surface area contributed by atoms with E-state index in [4.69, 9.17) is 4.74 Å². The number of benzene rings is 1. The van der Waals surface area contributed by atoms with Crippen molar-refractivity contribution in [2.24, 2.45) is 0 Å². The van der Waals surface area contributed by atoms with Gasteiger partial charge in [0.25, 0.3) is 0 Å². The molecule has 0 bridgehead atoms. The molecule has 0 amide bonds. The van der Waals surface area contributed by atoms with Gasteiger partial charge in [-0.15, -0.1) is 0 Å². The van der Waals surface area contributed by atoms with E-state index in [0.717, 1.165) is 12.8 Å². The van der Waals surface area contributed by atoms with Crippen LogP contribution in [0.5, 0.6) is 0 Å². The summed E-state index contributed by atoms with van der Waals surface area (Å²) in [4.78, 5) is 10.6. The first-order valence-corrected chi connectivity index (χ1v) is 5.07. The number of carbonyl (C=O) groups excluding carboxylic acids is 1. The molecular weight excluding hydrogens is 188 g/mol. The Labute approximate surface area is 90.6 Å². The summed E-state index contributed by atoms with van der Waals surface area (Å²) in [5.74, 6) is 0.418. The molecule has 0 radical (unpaired) electrons. The van der Waals surface area contributed by atoms with Gasteiger partial charge in [0.2, 0.25) is 0 Å². The van der Waals surface area contributed by atoms with E-state index < -0.39 is 0 Å². The highest BCUT2D eigenvalue weighted by Gasteiger charge is 1.95. The third-order valence-electron chi connectivity index (χ3n) is 2.01. The van der Waals surface area contributed by atoms with Crippen molar-refractivity contribution in [2.45, 2.75) is 26.7 Å². The van der Waals surface area contributed by atoms with Gasteiger partial charge in [-0.05, 0) is 31.4 Å². The summed E-state index contributed by atoms with van der Waals surface area (Å²) >= 11 is 0. The third kappa shape index (κ3) is 5.01. The maximum Gasteiger partial charge on any atom is 0.307 e. The molecule has 15 heavy (non-hydrogen) atoms. The fourth-order valence-corrected chi connectivity index (χ4v) is 1.36. The topological polar surface area (TPSA) is 26.3 Å². The van der Waals surface area contributed by atoms with E-state index in [1.54, 1.807) is 6.92 Å². The van der Waals surface area contributed by atoms with Crippen molar-refractivity contribution in [3.05, 3.63) is 47.7 Å². The van der Waals surface area contributed by atoms with E-state index in [-0.39, 0.29) is 5.97 Å². The van der Waals surface area contributed by atoms with Crippen LogP contribution in [0.1, 0.15) is 25.8 Å². The zero-order valence-corrected chi connectivity index (χ0v) is 9.19. The number of carbonyl (C=O) groups is 1. The average Bonchev–Trinajstić information content (AvgIpc) is 2.18. The van der Waals surface area contributed by atoms with Crippen LogP contribution in [0.25, 0.3) is 0 Å². The fraction of sp³-hybridized carbons (Fsp3) is 0.308. The van der Waals surface area contributed by atoms with E-state index in [1.807, 2.05) is 24.3 Å². The van der Waals surface area contributed by atoms with E-state index in [1.165, 1.54) is 12.5 Å². The first kappa shape index (κ1) is 11.5. The highest BCUT2D eigenvalue weighted by Crippen LogP contribution is 2.05. The van der Waals surface area contributed by atoms with Gasteiger partial charge in [0, 0.05) is 6.92 Å². The van der Waals surface area contributed by atoms with Crippen LogP contribution in [0, 0.1) is 0 Å². The van der Waals surface area contributed by atoms with Crippen molar-refractivity contribution in [3.63, 3.8) is 0 Å². The van der Waals surface area contributed by atoms with Crippen LogP contribution >= 0.6 is 0 Å². The lowest BCUT2D eigenvalue weighted by Gasteiger charge is -2.01. The number of hydrogen-bond acceptors (Lipinski definition) is 2. The van der Waals surface area contributed by atoms with Crippen LogP contribution < -0.4 is 0 Å². The van der Waals surface area contributed by atoms with Gasteiger partial charge in [-0.1, -0.05) is 30.3 Å². The summed E-state index contributed by atoms with van der Waals surface area (Å²) in [7, 11) is 0. The summed E-state index contributed by atoms with van der Waals surface area (Å²) in [6, 6.07) is 10.2. The number of ether oxygens (including phenoxy) is 1. The van der Waals surface area contributed by atoms with Gasteiger partial charge in [0.15, 0.2) is 0 Å². The predicted molar refractivity (Wildman–Crippen MR) is 60.3 cm³/mol. The molecule has 1 aromatic carbocycles. The second-order valence-corrected chi connectivity index (χ2v) is 3.43. The maximum absolute atomic E-state index is 10.6. The Morgan fingerprint density at radius 1 is 1.27 bits per heavy atom.